The van der Waals surface area contributed by atoms with Gasteiger partial charge in [-0.15, -0.1) is 0 Å². The Hall–Kier alpha value is 1.05. The zero-order chi connectivity index (χ0) is 11.1. The lowest BCUT2D eigenvalue weighted by Gasteiger charge is -2.36. The van der Waals surface area contributed by atoms with Crippen LogP contribution in [0.25, 0.3) is 0 Å². The highest BCUT2D eigenvalue weighted by Crippen LogP contribution is 2.39. The van der Waals surface area contributed by atoms with Gasteiger partial charge in [0.05, 0.1) is 0 Å². The molecule has 3 atom stereocenters. The second kappa shape index (κ2) is 8.19. The van der Waals surface area contributed by atoms with Crippen LogP contribution in [0.15, 0.2) is 0 Å². The molecule has 0 heterocycles. The molecule has 1 rings (SSSR count). The Morgan fingerprint density at radius 3 is 1.93 bits per heavy atom. The van der Waals surface area contributed by atoms with Gasteiger partial charge in [-0.1, -0.05) is 6.42 Å². The van der Waals surface area contributed by atoms with Crippen molar-refractivity contribution in [2.45, 2.75) is 38.5 Å². The van der Waals surface area contributed by atoms with E-state index in [4.69, 9.17) is 0 Å². The van der Waals surface area contributed by atoms with Crippen LogP contribution < -0.4 is 0 Å². The lowest BCUT2D eigenvalue weighted by atomic mass is 9.71. The largest absolute Gasteiger partial charge is 0.179 e. The van der Waals surface area contributed by atoms with Crippen LogP contribution in [0, 0.1) is 17.8 Å². The molecule has 0 radical (unpaired) electrons. The average molecular weight is 265 g/mol. The molecule has 0 unspecified atom stereocenters. The first-order chi connectivity index (χ1) is 7.31. The summed E-state index contributed by atoms with van der Waals surface area (Å²) in [6.45, 7) is 0. The van der Waals surface area contributed by atoms with Gasteiger partial charge in [0.15, 0.2) is 0 Å². The maximum atomic E-state index is 4.39. The van der Waals surface area contributed by atoms with Gasteiger partial charge in [-0.25, -0.2) is 0 Å². The van der Waals surface area contributed by atoms with E-state index in [-0.39, 0.29) is 0 Å². The summed E-state index contributed by atoms with van der Waals surface area (Å²) in [5, 5.41) is 0. The van der Waals surface area contributed by atoms with Gasteiger partial charge in [0.1, 0.15) is 0 Å². The molecule has 0 aliphatic heterocycles. The molecule has 0 aromatic heterocycles. The first-order valence-corrected chi connectivity index (χ1v) is 8.04. The van der Waals surface area contributed by atoms with Gasteiger partial charge < -0.3 is 0 Å². The Morgan fingerprint density at radius 2 is 1.33 bits per heavy atom. The summed E-state index contributed by atoms with van der Waals surface area (Å²) >= 11 is 13.1. The summed E-state index contributed by atoms with van der Waals surface area (Å²) in [7, 11) is 0. The molecule has 1 fully saturated rings. The van der Waals surface area contributed by atoms with E-state index in [9.17, 15) is 0 Å². The maximum absolute atomic E-state index is 4.39. The van der Waals surface area contributed by atoms with Crippen molar-refractivity contribution in [3.8, 4) is 0 Å². The molecule has 90 valence electrons. The van der Waals surface area contributed by atoms with E-state index in [2.05, 4.69) is 37.9 Å². The first-order valence-electron chi connectivity index (χ1n) is 6.14. The Kier molecular flexibility index (Phi) is 7.70. The van der Waals surface area contributed by atoms with Crippen LogP contribution in [0.1, 0.15) is 38.5 Å². The molecule has 1 aliphatic carbocycles. The molecule has 1 saturated carbocycles. The molecule has 0 N–H and O–H groups in total. The van der Waals surface area contributed by atoms with Gasteiger partial charge in [0.25, 0.3) is 0 Å². The standard InChI is InChI=1S/C12H24S3/c13-6-3-10-1-2-11(4-7-14)12(9-10)5-8-15/h10-15H,1-9H2/t10-,11-,12+/m1/s1. The summed E-state index contributed by atoms with van der Waals surface area (Å²) in [4.78, 5) is 0. The van der Waals surface area contributed by atoms with Gasteiger partial charge in [0.2, 0.25) is 0 Å². The van der Waals surface area contributed by atoms with E-state index in [0.717, 1.165) is 35.0 Å². The van der Waals surface area contributed by atoms with Gasteiger partial charge >= 0.3 is 0 Å². The predicted octanol–water partition coefficient (Wildman–Crippen LogP) is 3.98. The monoisotopic (exact) mass is 264 g/mol. The average Bonchev–Trinajstić information content (AvgIpc) is 2.23. The van der Waals surface area contributed by atoms with Crippen LogP contribution in [0.2, 0.25) is 0 Å². The smallest absolute Gasteiger partial charge is 0.00952 e. The minimum absolute atomic E-state index is 0.910. The van der Waals surface area contributed by atoms with Gasteiger partial charge in [-0.05, 0) is 67.1 Å². The van der Waals surface area contributed by atoms with Crippen molar-refractivity contribution >= 4 is 37.9 Å². The van der Waals surface area contributed by atoms with Crippen molar-refractivity contribution in [3.05, 3.63) is 0 Å². The Balaban J connectivity index is 2.41. The maximum Gasteiger partial charge on any atom is -0.00952 e. The molecule has 0 amide bonds. The third kappa shape index (κ3) is 4.82. The highest BCUT2D eigenvalue weighted by atomic mass is 32.1. The topological polar surface area (TPSA) is 0 Å². The summed E-state index contributed by atoms with van der Waals surface area (Å²) < 4.78 is 0. The van der Waals surface area contributed by atoms with Crippen molar-refractivity contribution in [2.75, 3.05) is 17.3 Å². The minimum atomic E-state index is 0.910. The van der Waals surface area contributed by atoms with Gasteiger partial charge in [-0.2, -0.15) is 37.9 Å². The zero-order valence-corrected chi connectivity index (χ0v) is 12.1. The van der Waals surface area contributed by atoms with Crippen LogP contribution in [0.4, 0.5) is 0 Å². The third-order valence-corrected chi connectivity index (χ3v) is 4.56. The van der Waals surface area contributed by atoms with E-state index in [1.54, 1.807) is 0 Å². The number of rotatable bonds is 6. The lowest BCUT2D eigenvalue weighted by molar-refractivity contribution is 0.169. The summed E-state index contributed by atoms with van der Waals surface area (Å²) in [5.74, 6) is 5.91. The van der Waals surface area contributed by atoms with Crippen molar-refractivity contribution in [3.63, 3.8) is 0 Å². The summed E-state index contributed by atoms with van der Waals surface area (Å²) in [6, 6.07) is 0. The van der Waals surface area contributed by atoms with Gasteiger partial charge in [-0.3, -0.25) is 0 Å². The molecule has 0 aromatic rings. The van der Waals surface area contributed by atoms with E-state index in [0.29, 0.717) is 0 Å². The molecule has 15 heavy (non-hydrogen) atoms. The highest BCUT2D eigenvalue weighted by Gasteiger charge is 2.28. The van der Waals surface area contributed by atoms with Crippen molar-refractivity contribution in [1.29, 1.82) is 0 Å². The first kappa shape index (κ1) is 14.1. The van der Waals surface area contributed by atoms with Crippen molar-refractivity contribution in [1.82, 2.24) is 0 Å². The molecular weight excluding hydrogens is 240 g/mol. The molecule has 3 heteroatoms. The van der Waals surface area contributed by atoms with Crippen LogP contribution in [0.3, 0.4) is 0 Å². The fourth-order valence-corrected chi connectivity index (χ4v) is 3.96. The molecular formula is C12H24S3. The Morgan fingerprint density at radius 1 is 0.733 bits per heavy atom. The molecule has 0 bridgehead atoms. The summed E-state index contributed by atoms with van der Waals surface area (Å²) in [6.07, 6.45) is 8.15. The second-order valence-corrected chi connectivity index (χ2v) is 6.08. The fraction of sp³-hybridized carbons (Fsp3) is 1.00. The molecule has 0 aromatic carbocycles. The molecule has 1 aliphatic rings. The van der Waals surface area contributed by atoms with Crippen LogP contribution >= 0.6 is 37.9 Å². The summed E-state index contributed by atoms with van der Waals surface area (Å²) in [5.41, 5.74) is 0. The molecule has 0 nitrogen and oxygen atoms in total. The van der Waals surface area contributed by atoms with Gasteiger partial charge in [0, 0.05) is 0 Å². The predicted molar refractivity (Wildman–Crippen MR) is 79.7 cm³/mol. The molecule has 0 saturated heterocycles. The highest BCUT2D eigenvalue weighted by molar-refractivity contribution is 7.80. The van der Waals surface area contributed by atoms with Crippen molar-refractivity contribution in [2.24, 2.45) is 17.8 Å². The normalized spacial score (nSPS) is 31.8. The SMILES string of the molecule is SCC[C@H]1CC[C@H](CCS)[C@@H](CCS)C1. The third-order valence-electron chi connectivity index (χ3n) is 3.79. The lowest BCUT2D eigenvalue weighted by Crippen LogP contribution is -2.26. The number of hydrogen-bond donors (Lipinski definition) is 3. The Bertz CT molecular complexity index is 161. The van der Waals surface area contributed by atoms with E-state index >= 15 is 0 Å². The zero-order valence-electron chi connectivity index (χ0n) is 9.44. The number of hydrogen-bond acceptors (Lipinski definition) is 3. The quantitative estimate of drug-likeness (QED) is 0.594. The van der Waals surface area contributed by atoms with Crippen LogP contribution in [-0.4, -0.2) is 17.3 Å². The van der Waals surface area contributed by atoms with E-state index in [1.165, 1.54) is 38.5 Å². The molecule has 0 spiro atoms. The van der Waals surface area contributed by atoms with Crippen LogP contribution in [-0.2, 0) is 0 Å². The Labute approximate surface area is 111 Å². The van der Waals surface area contributed by atoms with E-state index in [1.807, 2.05) is 0 Å². The fourth-order valence-electron chi connectivity index (χ4n) is 2.93. The van der Waals surface area contributed by atoms with E-state index < -0.39 is 0 Å². The minimum Gasteiger partial charge on any atom is -0.179 e. The second-order valence-electron chi connectivity index (χ2n) is 4.74. The number of thiol groups is 3. The van der Waals surface area contributed by atoms with Crippen LogP contribution in [0.5, 0.6) is 0 Å². The van der Waals surface area contributed by atoms with Crippen molar-refractivity contribution < 1.29 is 0 Å².